The van der Waals surface area contributed by atoms with Crippen molar-refractivity contribution in [2.45, 2.75) is 6.04 Å². The molecule has 0 bridgehead atoms. The number of rotatable bonds is 5. The van der Waals surface area contributed by atoms with Gasteiger partial charge in [-0.25, -0.2) is 4.99 Å². The monoisotopic (exact) mass is 457 g/mol. The van der Waals surface area contributed by atoms with Gasteiger partial charge in [0.05, 0.1) is 0 Å². The molecule has 1 atom stereocenters. The number of fused-ring (bicyclic) bond motifs is 1. The van der Waals surface area contributed by atoms with E-state index in [1.54, 1.807) is 0 Å². The lowest BCUT2D eigenvalue weighted by Gasteiger charge is -2.22. The highest BCUT2D eigenvalue weighted by molar-refractivity contribution is 7.80. The van der Waals surface area contributed by atoms with Crippen LogP contribution in [0.4, 0.5) is 0 Å². The molecule has 0 N–H and O–H groups in total. The van der Waals surface area contributed by atoms with Gasteiger partial charge in [-0.2, -0.15) is 0 Å². The van der Waals surface area contributed by atoms with Crippen molar-refractivity contribution in [2.24, 2.45) is 4.99 Å². The summed E-state index contributed by atoms with van der Waals surface area (Å²) in [5.41, 5.74) is 2.31. The van der Waals surface area contributed by atoms with Crippen molar-refractivity contribution < 1.29 is 4.74 Å². The van der Waals surface area contributed by atoms with Gasteiger partial charge in [0.25, 0.3) is 0 Å². The van der Waals surface area contributed by atoms with E-state index < -0.39 is 7.92 Å². The Morgan fingerprint density at radius 3 is 2.00 bits per heavy atom. The molecule has 1 heterocycles. The summed E-state index contributed by atoms with van der Waals surface area (Å²) in [5, 5.41) is 6.39. The van der Waals surface area contributed by atoms with Gasteiger partial charge >= 0.3 is 0 Å². The topological polar surface area (TPSA) is 21.6 Å². The first-order valence-electron chi connectivity index (χ1n) is 11.6. The molecule has 164 valence electrons. The van der Waals surface area contributed by atoms with Gasteiger partial charge in [0.1, 0.15) is 12.6 Å². The maximum absolute atomic E-state index is 6.28. The fourth-order valence-corrected chi connectivity index (χ4v) is 7.09. The van der Waals surface area contributed by atoms with Gasteiger partial charge in [0.15, 0.2) is 0 Å². The van der Waals surface area contributed by atoms with Gasteiger partial charge in [-0.15, -0.1) is 0 Å². The Morgan fingerprint density at radius 2 is 1.24 bits per heavy atom. The Bertz CT molecular complexity index is 1420. The summed E-state index contributed by atoms with van der Waals surface area (Å²) in [4.78, 5) is 5.11. The molecule has 0 unspecified atom stereocenters. The number of benzene rings is 5. The number of nitrogens with zero attached hydrogens (tertiary/aromatic N) is 1. The molecule has 0 aromatic heterocycles. The molecule has 34 heavy (non-hydrogen) atoms. The molecule has 1 aliphatic rings. The van der Waals surface area contributed by atoms with E-state index in [0.717, 1.165) is 11.5 Å². The molecular weight excluding hydrogens is 433 g/mol. The second-order valence-electron chi connectivity index (χ2n) is 8.35. The Balaban J connectivity index is 1.45. The molecule has 6 rings (SSSR count). The van der Waals surface area contributed by atoms with Crippen LogP contribution in [0.2, 0.25) is 0 Å². The highest BCUT2D eigenvalue weighted by Crippen LogP contribution is 2.36. The van der Waals surface area contributed by atoms with Gasteiger partial charge in [0.2, 0.25) is 5.90 Å². The van der Waals surface area contributed by atoms with Crippen molar-refractivity contribution in [3.05, 3.63) is 139 Å². The Hall–Kier alpha value is -3.74. The van der Waals surface area contributed by atoms with Crippen LogP contribution in [0.3, 0.4) is 0 Å². The largest absolute Gasteiger partial charge is 0.475 e. The quantitative estimate of drug-likeness (QED) is 0.292. The van der Waals surface area contributed by atoms with E-state index in [0.29, 0.717) is 6.61 Å². The summed E-state index contributed by atoms with van der Waals surface area (Å²) in [7, 11) is -0.741. The van der Waals surface area contributed by atoms with Crippen molar-refractivity contribution in [2.75, 3.05) is 6.61 Å². The molecule has 0 aliphatic carbocycles. The lowest BCUT2D eigenvalue weighted by molar-refractivity contribution is 0.320. The zero-order valence-corrected chi connectivity index (χ0v) is 19.6. The van der Waals surface area contributed by atoms with Gasteiger partial charge < -0.3 is 4.74 Å². The maximum atomic E-state index is 6.28. The van der Waals surface area contributed by atoms with Gasteiger partial charge in [0, 0.05) is 5.56 Å². The highest BCUT2D eigenvalue weighted by atomic mass is 31.1. The molecule has 0 radical (unpaired) electrons. The van der Waals surface area contributed by atoms with Gasteiger partial charge in [-0.1, -0.05) is 121 Å². The second-order valence-corrected chi connectivity index (χ2v) is 10.5. The zero-order chi connectivity index (χ0) is 22.7. The minimum atomic E-state index is -0.741. The predicted octanol–water partition coefficient (Wildman–Crippen LogP) is 6.12. The van der Waals surface area contributed by atoms with Crippen LogP contribution in [0.25, 0.3) is 10.8 Å². The Labute approximate surface area is 201 Å². The van der Waals surface area contributed by atoms with Gasteiger partial charge in [-0.3, -0.25) is 0 Å². The lowest BCUT2D eigenvalue weighted by atomic mass is 10.00. The summed E-state index contributed by atoms with van der Waals surface area (Å²) in [6, 6.07) is 45.1. The van der Waals surface area contributed by atoms with E-state index >= 15 is 0 Å². The normalized spacial score (nSPS) is 15.3. The molecule has 0 amide bonds. The molecule has 0 saturated carbocycles. The average molecular weight is 458 g/mol. The van der Waals surface area contributed by atoms with Crippen LogP contribution in [-0.4, -0.2) is 12.5 Å². The molecular formula is C31H24NOP. The first kappa shape index (κ1) is 20.8. The van der Waals surface area contributed by atoms with E-state index in [2.05, 4.69) is 127 Å². The van der Waals surface area contributed by atoms with Gasteiger partial charge in [-0.05, 0) is 46.2 Å². The average Bonchev–Trinajstić information content (AvgIpc) is 3.40. The van der Waals surface area contributed by atoms with Crippen LogP contribution in [0.5, 0.6) is 0 Å². The first-order valence-corrected chi connectivity index (χ1v) is 12.9. The highest BCUT2D eigenvalue weighted by Gasteiger charge is 2.27. The van der Waals surface area contributed by atoms with E-state index in [4.69, 9.17) is 9.73 Å². The fourth-order valence-electron chi connectivity index (χ4n) is 4.65. The van der Waals surface area contributed by atoms with Crippen molar-refractivity contribution in [1.29, 1.82) is 0 Å². The summed E-state index contributed by atoms with van der Waals surface area (Å²) in [5.74, 6) is 0.743. The third kappa shape index (κ3) is 3.91. The van der Waals surface area contributed by atoms with Crippen LogP contribution in [0.15, 0.2) is 132 Å². The maximum Gasteiger partial charge on any atom is 0.217 e. The molecule has 0 fully saturated rings. The third-order valence-corrected chi connectivity index (χ3v) is 8.74. The van der Waals surface area contributed by atoms with Crippen molar-refractivity contribution >= 4 is 40.5 Å². The lowest BCUT2D eigenvalue weighted by Crippen LogP contribution is -2.25. The van der Waals surface area contributed by atoms with Crippen molar-refractivity contribution in [1.82, 2.24) is 0 Å². The minimum absolute atomic E-state index is 0.00571. The molecule has 5 aromatic rings. The molecule has 3 heteroatoms. The van der Waals surface area contributed by atoms with E-state index in [-0.39, 0.29) is 6.04 Å². The molecule has 0 spiro atoms. The van der Waals surface area contributed by atoms with E-state index in [9.17, 15) is 0 Å². The minimum Gasteiger partial charge on any atom is -0.475 e. The summed E-state index contributed by atoms with van der Waals surface area (Å²) in [6.45, 7) is 0.562. The summed E-state index contributed by atoms with van der Waals surface area (Å²) >= 11 is 0. The van der Waals surface area contributed by atoms with E-state index in [1.807, 2.05) is 0 Å². The number of hydrogen-bond donors (Lipinski definition) is 0. The zero-order valence-electron chi connectivity index (χ0n) is 18.7. The number of aliphatic imine (C=N–C) groups is 1. The Morgan fingerprint density at radius 1 is 0.618 bits per heavy atom. The molecule has 0 saturated heterocycles. The van der Waals surface area contributed by atoms with Crippen molar-refractivity contribution in [3.63, 3.8) is 0 Å². The SMILES string of the molecule is c1ccc(P(c2ccccc2)c2ccccc2C2=N[C@@H](c3cccc4ccccc34)CO2)cc1. The number of hydrogen-bond acceptors (Lipinski definition) is 2. The van der Waals surface area contributed by atoms with E-state index in [1.165, 1.54) is 32.2 Å². The Kier molecular flexibility index (Phi) is 5.67. The fraction of sp³-hybridized carbons (Fsp3) is 0.0645. The van der Waals surface area contributed by atoms with Crippen LogP contribution in [0, 0.1) is 0 Å². The van der Waals surface area contributed by atoms with Crippen LogP contribution >= 0.6 is 7.92 Å². The molecule has 5 aromatic carbocycles. The third-order valence-electron chi connectivity index (χ3n) is 6.24. The van der Waals surface area contributed by atoms with Crippen LogP contribution < -0.4 is 15.9 Å². The number of ether oxygens (including phenoxy) is 1. The smallest absolute Gasteiger partial charge is 0.217 e. The first-order chi connectivity index (χ1) is 16.9. The molecule has 1 aliphatic heterocycles. The summed E-state index contributed by atoms with van der Waals surface area (Å²) < 4.78 is 6.28. The summed E-state index contributed by atoms with van der Waals surface area (Å²) in [6.07, 6.45) is 0. The van der Waals surface area contributed by atoms with Crippen LogP contribution in [0.1, 0.15) is 17.2 Å². The standard InChI is InChI=1S/C31H24NOP/c1-3-14-24(15-4-1)34(25-16-5-2-6-17-25)30-21-10-9-19-28(30)31-32-29(22-33-31)27-20-11-13-23-12-7-8-18-26(23)27/h1-21,29H,22H2/t29-/m1/s1. The van der Waals surface area contributed by atoms with Crippen LogP contribution in [-0.2, 0) is 4.74 Å². The predicted molar refractivity (Wildman–Crippen MR) is 144 cm³/mol. The molecule has 2 nitrogen and oxygen atoms in total. The van der Waals surface area contributed by atoms with Crippen molar-refractivity contribution in [3.8, 4) is 0 Å². The second kappa shape index (κ2) is 9.25.